The van der Waals surface area contributed by atoms with Crippen LogP contribution >= 0.6 is 0 Å². The van der Waals surface area contributed by atoms with Crippen LogP contribution in [0.15, 0.2) is 109 Å². The number of rotatable bonds is 10. The number of halogens is 1. The third-order valence-corrected chi connectivity index (χ3v) is 9.52. The fraction of sp³-hybridized carbons (Fsp3) is 0.310. The Morgan fingerprint density at radius 2 is 1.63 bits per heavy atom. The van der Waals surface area contributed by atoms with Gasteiger partial charge in [0.2, 0.25) is 0 Å². The minimum atomic E-state index is -0.256. The summed E-state index contributed by atoms with van der Waals surface area (Å²) in [6, 6.07) is 32.6. The molecule has 0 aliphatic carbocycles. The monoisotopic (exact) mass is 614 g/mol. The Labute approximate surface area is 275 Å². The summed E-state index contributed by atoms with van der Waals surface area (Å²) in [6.45, 7) is 12.4. The first-order valence-corrected chi connectivity index (χ1v) is 16.7. The van der Waals surface area contributed by atoms with Gasteiger partial charge in [-0.15, -0.1) is 0 Å². The number of benzene rings is 4. The molecule has 1 aliphatic rings. The van der Waals surface area contributed by atoms with E-state index in [0.717, 1.165) is 54.6 Å². The second-order valence-corrected chi connectivity index (χ2v) is 12.5. The molecular weight excluding hydrogens is 567 g/mol. The quantitative estimate of drug-likeness (QED) is 0.177. The smallest absolute Gasteiger partial charge is 0.253 e. The van der Waals surface area contributed by atoms with Crippen LogP contribution in [-0.4, -0.2) is 29.9 Å². The zero-order valence-corrected chi connectivity index (χ0v) is 27.9. The molecule has 0 N–H and O–H groups in total. The Kier molecular flexibility index (Phi) is 10.9. The average Bonchev–Trinajstić information content (AvgIpc) is 3.08. The maximum Gasteiger partial charge on any atom is 0.253 e. The number of amides is 1. The van der Waals surface area contributed by atoms with Gasteiger partial charge in [-0.05, 0) is 117 Å². The number of anilines is 1. The van der Waals surface area contributed by atoms with Crippen LogP contribution in [0.4, 0.5) is 10.1 Å². The SMILES string of the molecule is C/C=C/c1cc(C(=O)N2CCC(C(C)N(c3ccccc3C)C(C)c3ccccc3)CC2)ccc1/C(=C\CC)c1cccc(F)c1. The number of carbonyl (C=O) groups is 1. The lowest BCUT2D eigenvalue weighted by molar-refractivity contribution is 0.0678. The predicted molar refractivity (Wildman–Crippen MR) is 192 cm³/mol. The van der Waals surface area contributed by atoms with E-state index in [1.54, 1.807) is 12.1 Å². The number of hydrogen-bond acceptors (Lipinski definition) is 2. The highest BCUT2D eigenvalue weighted by Gasteiger charge is 2.33. The van der Waals surface area contributed by atoms with E-state index in [9.17, 15) is 9.18 Å². The van der Waals surface area contributed by atoms with Crippen LogP contribution in [0.5, 0.6) is 0 Å². The minimum Gasteiger partial charge on any atom is -0.362 e. The molecule has 4 heteroatoms. The molecule has 1 amide bonds. The van der Waals surface area contributed by atoms with E-state index in [1.165, 1.54) is 22.9 Å². The van der Waals surface area contributed by atoms with Crippen molar-refractivity contribution >= 4 is 23.2 Å². The summed E-state index contributed by atoms with van der Waals surface area (Å²) < 4.78 is 14.2. The molecule has 0 radical (unpaired) electrons. The molecule has 46 heavy (non-hydrogen) atoms. The maximum atomic E-state index is 14.2. The largest absolute Gasteiger partial charge is 0.362 e. The van der Waals surface area contributed by atoms with E-state index in [1.807, 2.05) is 48.2 Å². The number of piperidine rings is 1. The molecule has 4 aromatic carbocycles. The molecule has 1 heterocycles. The predicted octanol–water partition coefficient (Wildman–Crippen LogP) is 10.5. The highest BCUT2D eigenvalue weighted by molar-refractivity contribution is 5.96. The number of likely N-dealkylation sites (tertiary alicyclic amines) is 1. The number of carbonyl (C=O) groups excluding carboxylic acids is 1. The van der Waals surface area contributed by atoms with Crippen molar-refractivity contribution in [3.05, 3.63) is 148 Å². The number of para-hydroxylation sites is 1. The normalized spacial score (nSPS) is 15.6. The van der Waals surface area contributed by atoms with Crippen LogP contribution in [0.1, 0.15) is 91.2 Å². The van der Waals surface area contributed by atoms with Gasteiger partial charge in [-0.25, -0.2) is 4.39 Å². The topological polar surface area (TPSA) is 23.6 Å². The molecule has 1 aliphatic heterocycles. The standard InChI is InChI=1S/C42H47FN2O/c1-6-14-35-28-37(22-23-40(35)39(15-7-2)36-19-13-20-38(43)29-36)42(46)44-26-24-34(25-27-44)32(5)45(41-21-12-11-16-30(41)3)31(4)33-17-9-8-10-18-33/h6,8-23,28-29,31-32,34H,7,24-27H2,1-5H3/b14-6+,39-15-. The van der Waals surface area contributed by atoms with E-state index < -0.39 is 0 Å². The van der Waals surface area contributed by atoms with Gasteiger partial charge in [-0.3, -0.25) is 4.79 Å². The van der Waals surface area contributed by atoms with Crippen LogP contribution in [-0.2, 0) is 0 Å². The van der Waals surface area contributed by atoms with Gasteiger partial charge in [0.25, 0.3) is 5.91 Å². The van der Waals surface area contributed by atoms with Gasteiger partial charge in [-0.2, -0.15) is 0 Å². The van der Waals surface area contributed by atoms with Crippen LogP contribution < -0.4 is 4.90 Å². The first-order chi connectivity index (χ1) is 22.3. The van der Waals surface area contributed by atoms with Crippen molar-refractivity contribution in [2.24, 2.45) is 5.92 Å². The van der Waals surface area contributed by atoms with Gasteiger partial charge >= 0.3 is 0 Å². The summed E-state index contributed by atoms with van der Waals surface area (Å²) in [5.41, 5.74) is 8.33. The number of allylic oxidation sites excluding steroid dienone is 2. The van der Waals surface area contributed by atoms with Gasteiger partial charge < -0.3 is 9.80 Å². The van der Waals surface area contributed by atoms with Crippen LogP contribution in [0.3, 0.4) is 0 Å². The van der Waals surface area contributed by atoms with Gasteiger partial charge in [0.05, 0.1) is 6.04 Å². The Balaban J connectivity index is 1.34. The lowest BCUT2D eigenvalue weighted by atomic mass is 9.87. The molecule has 4 aromatic rings. The highest BCUT2D eigenvalue weighted by Crippen LogP contribution is 2.37. The molecule has 238 valence electrons. The Hall–Kier alpha value is -4.44. The van der Waals surface area contributed by atoms with Crippen molar-refractivity contribution in [2.75, 3.05) is 18.0 Å². The maximum absolute atomic E-state index is 14.2. The zero-order chi connectivity index (χ0) is 32.6. The first-order valence-electron chi connectivity index (χ1n) is 16.7. The van der Waals surface area contributed by atoms with E-state index in [2.05, 4.69) is 93.3 Å². The third-order valence-electron chi connectivity index (χ3n) is 9.52. The van der Waals surface area contributed by atoms with Gasteiger partial charge in [0.1, 0.15) is 5.82 Å². The molecule has 2 unspecified atom stereocenters. The van der Waals surface area contributed by atoms with Crippen LogP contribution in [0, 0.1) is 18.7 Å². The molecule has 5 rings (SSSR count). The van der Waals surface area contributed by atoms with Crippen molar-refractivity contribution in [2.45, 2.75) is 66.0 Å². The lowest BCUT2D eigenvalue weighted by Gasteiger charge is -2.44. The van der Waals surface area contributed by atoms with Crippen molar-refractivity contribution in [1.29, 1.82) is 0 Å². The summed E-state index contributed by atoms with van der Waals surface area (Å²) >= 11 is 0. The molecule has 1 fully saturated rings. The van der Waals surface area contributed by atoms with Crippen molar-refractivity contribution in [1.82, 2.24) is 4.90 Å². The molecule has 0 saturated carbocycles. The summed E-state index contributed by atoms with van der Waals surface area (Å²) in [7, 11) is 0. The second kappa shape index (κ2) is 15.2. The molecule has 2 atom stereocenters. The van der Waals surface area contributed by atoms with Gasteiger partial charge in [0, 0.05) is 30.4 Å². The highest BCUT2D eigenvalue weighted by atomic mass is 19.1. The summed E-state index contributed by atoms with van der Waals surface area (Å²) in [6.07, 6.45) is 8.89. The Morgan fingerprint density at radius 3 is 2.30 bits per heavy atom. The first kappa shape index (κ1) is 32.9. The summed E-state index contributed by atoms with van der Waals surface area (Å²) in [5.74, 6) is 0.278. The Morgan fingerprint density at radius 1 is 0.913 bits per heavy atom. The lowest BCUT2D eigenvalue weighted by Crippen LogP contribution is -2.46. The van der Waals surface area contributed by atoms with Gasteiger partial charge in [-0.1, -0.05) is 91.9 Å². The Bertz CT molecular complexity index is 1680. The molecule has 3 nitrogen and oxygen atoms in total. The number of nitrogens with zero attached hydrogens (tertiary/aromatic N) is 2. The number of aryl methyl sites for hydroxylation is 1. The van der Waals surface area contributed by atoms with E-state index >= 15 is 0 Å². The van der Waals surface area contributed by atoms with Crippen molar-refractivity contribution in [3.63, 3.8) is 0 Å². The summed E-state index contributed by atoms with van der Waals surface area (Å²) in [4.78, 5) is 18.5. The fourth-order valence-electron chi connectivity index (χ4n) is 7.02. The molecule has 0 aromatic heterocycles. The van der Waals surface area contributed by atoms with Crippen molar-refractivity contribution < 1.29 is 9.18 Å². The minimum absolute atomic E-state index is 0.0728. The molecule has 0 bridgehead atoms. The average molecular weight is 615 g/mol. The van der Waals surface area contributed by atoms with Gasteiger partial charge in [0.15, 0.2) is 0 Å². The van der Waals surface area contributed by atoms with Crippen LogP contribution in [0.25, 0.3) is 11.6 Å². The summed E-state index contributed by atoms with van der Waals surface area (Å²) in [5, 5.41) is 0. The van der Waals surface area contributed by atoms with E-state index in [0.29, 0.717) is 17.5 Å². The van der Waals surface area contributed by atoms with E-state index in [-0.39, 0.29) is 17.8 Å². The fourth-order valence-corrected chi connectivity index (χ4v) is 7.02. The molecule has 0 spiro atoms. The zero-order valence-electron chi connectivity index (χ0n) is 27.9. The third kappa shape index (κ3) is 7.33. The number of hydrogen-bond donors (Lipinski definition) is 0. The van der Waals surface area contributed by atoms with Crippen molar-refractivity contribution in [3.8, 4) is 0 Å². The van der Waals surface area contributed by atoms with E-state index in [4.69, 9.17) is 0 Å². The second-order valence-electron chi connectivity index (χ2n) is 12.5. The molecule has 1 saturated heterocycles. The van der Waals surface area contributed by atoms with Crippen LogP contribution in [0.2, 0.25) is 0 Å². The molecular formula is C42H47FN2O.